The number of hydrogen-bond acceptors (Lipinski definition) is 4. The molecule has 2 amide bonds. The van der Waals surface area contributed by atoms with Crippen molar-refractivity contribution in [2.24, 2.45) is 0 Å². The van der Waals surface area contributed by atoms with E-state index < -0.39 is 0 Å². The first-order valence-corrected chi connectivity index (χ1v) is 6.28. The van der Waals surface area contributed by atoms with Crippen LogP contribution in [0.4, 0.5) is 4.79 Å². The highest BCUT2D eigenvalue weighted by Gasteiger charge is 2.18. The molecule has 1 aromatic heterocycles. The molecule has 0 aliphatic carbocycles. The Kier molecular flexibility index (Phi) is 4.19. The summed E-state index contributed by atoms with van der Waals surface area (Å²) in [5, 5.41) is 9.52. The van der Waals surface area contributed by atoms with E-state index in [1.807, 2.05) is 13.0 Å². The summed E-state index contributed by atoms with van der Waals surface area (Å²) in [7, 11) is 2.10. The average molecular weight is 252 g/mol. The summed E-state index contributed by atoms with van der Waals surface area (Å²) in [5.74, 6) is 0.672. The molecule has 1 aromatic rings. The monoisotopic (exact) mass is 252 g/mol. The number of hydrogen-bond donors (Lipinski definition) is 2. The Morgan fingerprint density at radius 3 is 2.89 bits per heavy atom. The van der Waals surface area contributed by atoms with Crippen LogP contribution in [0.25, 0.3) is 0 Å². The number of nitrogens with zero attached hydrogens (tertiary/aromatic N) is 2. The van der Waals surface area contributed by atoms with Crippen LogP contribution < -0.4 is 10.6 Å². The molecule has 6 heteroatoms. The van der Waals surface area contributed by atoms with Gasteiger partial charge in [-0.05, 0) is 39.9 Å². The maximum absolute atomic E-state index is 11.7. The summed E-state index contributed by atoms with van der Waals surface area (Å²) in [6, 6.07) is 1.95. The molecule has 18 heavy (non-hydrogen) atoms. The highest BCUT2D eigenvalue weighted by atomic mass is 16.5. The van der Waals surface area contributed by atoms with E-state index in [2.05, 4.69) is 27.7 Å². The van der Waals surface area contributed by atoms with Crippen LogP contribution >= 0.6 is 0 Å². The summed E-state index contributed by atoms with van der Waals surface area (Å²) in [5.41, 5.74) is 0.822. The van der Waals surface area contributed by atoms with Gasteiger partial charge < -0.3 is 20.1 Å². The molecular weight excluding hydrogens is 232 g/mol. The fourth-order valence-electron chi connectivity index (χ4n) is 2.06. The third-order valence-electron chi connectivity index (χ3n) is 3.15. The molecule has 0 unspecified atom stereocenters. The van der Waals surface area contributed by atoms with Gasteiger partial charge in [-0.2, -0.15) is 0 Å². The number of carbonyl (C=O) groups excluding carboxylic acids is 1. The number of carbonyl (C=O) groups is 1. The van der Waals surface area contributed by atoms with Crippen LogP contribution in [0.3, 0.4) is 0 Å². The van der Waals surface area contributed by atoms with Gasteiger partial charge in [0.15, 0.2) is 5.76 Å². The molecule has 0 spiro atoms. The molecule has 6 nitrogen and oxygen atoms in total. The first kappa shape index (κ1) is 12.9. The lowest BCUT2D eigenvalue weighted by Crippen LogP contribution is -2.46. The minimum absolute atomic E-state index is 0.140. The van der Waals surface area contributed by atoms with Crippen LogP contribution in [0.1, 0.15) is 24.3 Å². The molecule has 0 saturated carbocycles. The maximum Gasteiger partial charge on any atom is 0.315 e. The number of aryl methyl sites for hydroxylation is 1. The molecule has 1 fully saturated rings. The van der Waals surface area contributed by atoms with E-state index >= 15 is 0 Å². The lowest BCUT2D eigenvalue weighted by Gasteiger charge is -2.29. The molecule has 2 N–H and O–H groups in total. The van der Waals surface area contributed by atoms with Crippen LogP contribution in [0.15, 0.2) is 10.6 Å². The quantitative estimate of drug-likeness (QED) is 0.837. The molecule has 2 rings (SSSR count). The van der Waals surface area contributed by atoms with Crippen molar-refractivity contribution in [1.29, 1.82) is 0 Å². The second kappa shape index (κ2) is 5.86. The minimum Gasteiger partial charge on any atom is -0.359 e. The Hall–Kier alpha value is -1.56. The minimum atomic E-state index is -0.140. The summed E-state index contributed by atoms with van der Waals surface area (Å²) < 4.78 is 5.02. The van der Waals surface area contributed by atoms with Gasteiger partial charge in [0.2, 0.25) is 0 Å². The van der Waals surface area contributed by atoms with Crippen molar-refractivity contribution in [3.8, 4) is 0 Å². The summed E-state index contributed by atoms with van der Waals surface area (Å²) in [6.07, 6.45) is 2.01. The number of aromatic nitrogens is 1. The van der Waals surface area contributed by atoms with Crippen LogP contribution in [0.2, 0.25) is 0 Å². The number of nitrogens with one attached hydrogen (secondary N) is 2. The smallest absolute Gasteiger partial charge is 0.315 e. The van der Waals surface area contributed by atoms with Crippen LogP contribution in [0.5, 0.6) is 0 Å². The topological polar surface area (TPSA) is 70.4 Å². The van der Waals surface area contributed by atoms with Crippen molar-refractivity contribution in [1.82, 2.24) is 20.7 Å². The Labute approximate surface area is 107 Å². The first-order chi connectivity index (χ1) is 8.63. The van der Waals surface area contributed by atoms with E-state index in [1.54, 1.807) is 0 Å². The van der Waals surface area contributed by atoms with Gasteiger partial charge in [-0.3, -0.25) is 0 Å². The Morgan fingerprint density at radius 1 is 1.56 bits per heavy atom. The Bertz CT molecular complexity index is 397. The van der Waals surface area contributed by atoms with E-state index in [9.17, 15) is 4.79 Å². The van der Waals surface area contributed by atoms with Crippen molar-refractivity contribution in [3.05, 3.63) is 17.5 Å². The van der Waals surface area contributed by atoms with Crippen LogP contribution in [0, 0.1) is 6.92 Å². The standard InChI is InChI=1S/C12H20N4O2/c1-9-7-11(18-15-9)8-13-12(17)14-10-3-5-16(2)6-4-10/h7,10H,3-6,8H2,1-2H3,(H2,13,14,17). The van der Waals surface area contributed by atoms with Crippen molar-refractivity contribution < 1.29 is 9.32 Å². The zero-order valence-electron chi connectivity index (χ0n) is 10.9. The zero-order chi connectivity index (χ0) is 13.0. The lowest BCUT2D eigenvalue weighted by molar-refractivity contribution is 0.212. The van der Waals surface area contributed by atoms with Gasteiger partial charge in [0.1, 0.15) is 0 Å². The van der Waals surface area contributed by atoms with E-state index in [1.165, 1.54) is 0 Å². The SMILES string of the molecule is Cc1cc(CNC(=O)NC2CCN(C)CC2)on1. The zero-order valence-corrected chi connectivity index (χ0v) is 10.9. The lowest BCUT2D eigenvalue weighted by atomic mass is 10.1. The van der Waals surface area contributed by atoms with Crippen LogP contribution in [-0.4, -0.2) is 42.3 Å². The number of urea groups is 1. The Morgan fingerprint density at radius 2 is 2.28 bits per heavy atom. The van der Waals surface area contributed by atoms with E-state index in [0.717, 1.165) is 31.6 Å². The van der Waals surface area contributed by atoms with Gasteiger partial charge in [0, 0.05) is 12.1 Å². The van der Waals surface area contributed by atoms with Gasteiger partial charge in [0.25, 0.3) is 0 Å². The number of amides is 2. The maximum atomic E-state index is 11.7. The second-order valence-electron chi connectivity index (χ2n) is 4.84. The fraction of sp³-hybridized carbons (Fsp3) is 0.667. The second-order valence-corrected chi connectivity index (χ2v) is 4.84. The third kappa shape index (κ3) is 3.73. The molecule has 0 radical (unpaired) electrons. The number of piperidine rings is 1. The van der Waals surface area contributed by atoms with Crippen molar-refractivity contribution in [2.45, 2.75) is 32.4 Å². The Balaban J connectivity index is 1.69. The number of rotatable bonds is 3. The van der Waals surface area contributed by atoms with Crippen LogP contribution in [-0.2, 0) is 6.54 Å². The summed E-state index contributed by atoms with van der Waals surface area (Å²) >= 11 is 0. The van der Waals surface area contributed by atoms with E-state index in [4.69, 9.17) is 4.52 Å². The predicted octanol–water partition coefficient (Wildman–Crippen LogP) is 0.876. The molecule has 0 bridgehead atoms. The van der Waals surface area contributed by atoms with Crippen molar-refractivity contribution >= 4 is 6.03 Å². The molecule has 2 heterocycles. The van der Waals surface area contributed by atoms with Gasteiger partial charge in [-0.25, -0.2) is 4.79 Å². The molecule has 1 aliphatic rings. The molecule has 1 aliphatic heterocycles. The summed E-state index contributed by atoms with van der Waals surface area (Å²) in [6.45, 7) is 4.30. The highest BCUT2D eigenvalue weighted by Crippen LogP contribution is 2.08. The largest absolute Gasteiger partial charge is 0.359 e. The van der Waals surface area contributed by atoms with Crippen molar-refractivity contribution in [2.75, 3.05) is 20.1 Å². The highest BCUT2D eigenvalue weighted by molar-refractivity contribution is 5.74. The van der Waals surface area contributed by atoms with Gasteiger partial charge in [-0.15, -0.1) is 0 Å². The average Bonchev–Trinajstić information content (AvgIpc) is 2.76. The van der Waals surface area contributed by atoms with E-state index in [0.29, 0.717) is 12.3 Å². The molecule has 0 atom stereocenters. The normalized spacial score (nSPS) is 17.7. The number of likely N-dealkylation sites (tertiary alicyclic amines) is 1. The summed E-state index contributed by atoms with van der Waals surface area (Å²) in [4.78, 5) is 13.9. The molecule has 1 saturated heterocycles. The molecule has 0 aromatic carbocycles. The molecule has 100 valence electrons. The first-order valence-electron chi connectivity index (χ1n) is 6.28. The van der Waals surface area contributed by atoms with Gasteiger partial charge in [0.05, 0.1) is 12.2 Å². The third-order valence-corrected chi connectivity index (χ3v) is 3.15. The predicted molar refractivity (Wildman–Crippen MR) is 67.1 cm³/mol. The van der Waals surface area contributed by atoms with Gasteiger partial charge >= 0.3 is 6.03 Å². The van der Waals surface area contributed by atoms with E-state index in [-0.39, 0.29) is 12.1 Å². The van der Waals surface area contributed by atoms with Gasteiger partial charge in [-0.1, -0.05) is 5.16 Å². The fourth-order valence-corrected chi connectivity index (χ4v) is 2.06. The molecular formula is C12H20N4O2. The van der Waals surface area contributed by atoms with Crippen molar-refractivity contribution in [3.63, 3.8) is 0 Å².